The van der Waals surface area contributed by atoms with Gasteiger partial charge in [0.2, 0.25) is 11.5 Å². The van der Waals surface area contributed by atoms with E-state index in [0.29, 0.717) is 5.82 Å². The third kappa shape index (κ3) is 2.17. The normalized spacial score (nSPS) is 14.7. The molecule has 6 heteroatoms. The van der Waals surface area contributed by atoms with Gasteiger partial charge in [0.25, 0.3) is 0 Å². The minimum Gasteiger partial charge on any atom is -0.504 e. The number of halogens is 1. The first-order chi connectivity index (χ1) is 12.0. The van der Waals surface area contributed by atoms with Gasteiger partial charge in [-0.1, -0.05) is 12.1 Å². The van der Waals surface area contributed by atoms with E-state index >= 15 is 4.39 Å². The minimum absolute atomic E-state index is 0.162. The molecule has 1 aromatic heterocycles. The number of para-hydroxylation sites is 2. The van der Waals surface area contributed by atoms with Crippen molar-refractivity contribution in [3.63, 3.8) is 0 Å². The third-order valence-electron chi connectivity index (χ3n) is 5.05. The molecule has 0 saturated heterocycles. The smallest absolute Gasteiger partial charge is 0.203 e. The highest BCUT2D eigenvalue weighted by Crippen LogP contribution is 2.48. The zero-order valence-corrected chi connectivity index (χ0v) is 14.1. The van der Waals surface area contributed by atoms with Crippen LogP contribution in [0.4, 0.5) is 4.39 Å². The average Bonchev–Trinajstić information content (AvgIpc) is 2.91. The first kappa shape index (κ1) is 15.7. The van der Waals surface area contributed by atoms with Crippen LogP contribution in [0.2, 0.25) is 0 Å². The number of hydrogen-bond donors (Lipinski definition) is 2. The minimum atomic E-state index is -0.717. The lowest BCUT2D eigenvalue weighted by Crippen LogP contribution is -2.18. The molecular formula is C19H19FN2O3. The number of benzene rings is 2. The largest absolute Gasteiger partial charge is 0.504 e. The Morgan fingerprint density at radius 2 is 1.92 bits per heavy atom. The number of nitrogens with zero attached hydrogens (tertiary/aromatic N) is 2. The molecule has 3 aromatic rings. The van der Waals surface area contributed by atoms with E-state index in [1.54, 1.807) is 6.92 Å². The number of ether oxygens (including phenoxy) is 1. The second kappa shape index (κ2) is 5.65. The highest BCUT2D eigenvalue weighted by Gasteiger charge is 2.30. The Bertz CT molecular complexity index is 977. The van der Waals surface area contributed by atoms with Gasteiger partial charge in [-0.15, -0.1) is 0 Å². The molecule has 2 N–H and O–H groups in total. The number of phenolic OH excluding ortho intramolecular Hbond substituents is 2. The van der Waals surface area contributed by atoms with Crippen molar-refractivity contribution in [3.8, 4) is 28.6 Å². The lowest BCUT2D eigenvalue weighted by Gasteiger charge is -2.29. The van der Waals surface area contributed by atoms with Crippen LogP contribution in [0.15, 0.2) is 24.3 Å². The fourth-order valence-corrected chi connectivity index (χ4v) is 3.47. The van der Waals surface area contributed by atoms with Gasteiger partial charge in [-0.3, -0.25) is 0 Å². The Morgan fingerprint density at radius 1 is 1.20 bits per heavy atom. The molecule has 1 saturated carbocycles. The zero-order chi connectivity index (χ0) is 17.7. The molecule has 130 valence electrons. The molecule has 4 rings (SSSR count). The maximum atomic E-state index is 15.1. The second-order valence-electron chi connectivity index (χ2n) is 6.42. The topological polar surface area (TPSA) is 67.5 Å². The Kier molecular flexibility index (Phi) is 3.56. The lowest BCUT2D eigenvalue weighted by molar-refractivity contribution is 0.320. The van der Waals surface area contributed by atoms with E-state index in [1.165, 1.54) is 7.11 Å². The molecule has 1 fully saturated rings. The molecular weight excluding hydrogens is 323 g/mol. The van der Waals surface area contributed by atoms with Crippen molar-refractivity contribution < 1.29 is 19.3 Å². The van der Waals surface area contributed by atoms with Crippen molar-refractivity contribution in [1.82, 2.24) is 9.55 Å². The molecule has 0 bridgehead atoms. The summed E-state index contributed by atoms with van der Waals surface area (Å²) in [6, 6.07) is 7.93. The summed E-state index contributed by atoms with van der Waals surface area (Å²) in [6.45, 7) is 1.57. The van der Waals surface area contributed by atoms with Gasteiger partial charge in [-0.05, 0) is 38.3 Å². The molecule has 0 spiro atoms. The summed E-state index contributed by atoms with van der Waals surface area (Å²) in [6.07, 6.45) is 3.15. The molecule has 25 heavy (non-hydrogen) atoms. The first-order valence-electron chi connectivity index (χ1n) is 8.30. The number of methoxy groups -OCH3 is 1. The Labute approximate surface area is 144 Å². The maximum absolute atomic E-state index is 15.1. The number of fused-ring (bicyclic) bond motifs is 1. The van der Waals surface area contributed by atoms with E-state index in [0.717, 1.165) is 30.3 Å². The number of aromatic hydroxyl groups is 2. The quantitative estimate of drug-likeness (QED) is 0.697. The van der Waals surface area contributed by atoms with Gasteiger partial charge < -0.3 is 19.5 Å². The molecule has 1 aliphatic rings. The van der Waals surface area contributed by atoms with E-state index < -0.39 is 11.6 Å². The highest BCUT2D eigenvalue weighted by atomic mass is 19.1. The molecule has 0 radical (unpaired) electrons. The summed E-state index contributed by atoms with van der Waals surface area (Å²) in [5.74, 6) is -1.61. The summed E-state index contributed by atoms with van der Waals surface area (Å²) < 4.78 is 22.1. The molecule has 2 aromatic carbocycles. The molecule has 1 heterocycles. The summed E-state index contributed by atoms with van der Waals surface area (Å²) >= 11 is 0. The Balaban J connectivity index is 2.07. The Morgan fingerprint density at radius 3 is 2.56 bits per heavy atom. The van der Waals surface area contributed by atoms with Crippen molar-refractivity contribution in [2.75, 3.05) is 7.11 Å². The van der Waals surface area contributed by atoms with Gasteiger partial charge in [-0.2, -0.15) is 0 Å². The van der Waals surface area contributed by atoms with Crippen LogP contribution in [-0.2, 0) is 0 Å². The molecule has 0 amide bonds. The Hall–Kier alpha value is -2.76. The standard InChI is InChI=1S/C19H19FN2O3/c1-10-14(15(20)18(25-2)17(24)16(10)23)19-21-12-8-3-4-9-13(12)22(19)11-6-5-7-11/h3-4,8-9,11,23-24H,5-7H2,1-2H3. The van der Waals surface area contributed by atoms with Crippen molar-refractivity contribution in [2.45, 2.75) is 32.2 Å². The molecule has 0 atom stereocenters. The summed E-state index contributed by atoms with van der Waals surface area (Å²) in [5.41, 5.74) is 2.11. The van der Waals surface area contributed by atoms with Gasteiger partial charge in [0.05, 0.1) is 23.7 Å². The first-order valence-corrected chi connectivity index (χ1v) is 8.30. The molecule has 5 nitrogen and oxygen atoms in total. The van der Waals surface area contributed by atoms with Crippen LogP contribution < -0.4 is 4.74 Å². The van der Waals surface area contributed by atoms with Crippen molar-refractivity contribution in [3.05, 3.63) is 35.6 Å². The fraction of sp³-hybridized carbons (Fsp3) is 0.316. The van der Waals surface area contributed by atoms with E-state index in [-0.39, 0.29) is 28.7 Å². The summed E-state index contributed by atoms with van der Waals surface area (Å²) in [4.78, 5) is 4.63. The number of imidazole rings is 1. The SMILES string of the molecule is COc1c(O)c(O)c(C)c(-c2nc3ccccc3n2C2CCC2)c1F. The van der Waals surface area contributed by atoms with Crippen molar-refractivity contribution in [2.24, 2.45) is 0 Å². The number of rotatable bonds is 3. The third-order valence-corrected chi connectivity index (χ3v) is 5.05. The van der Waals surface area contributed by atoms with E-state index in [9.17, 15) is 10.2 Å². The van der Waals surface area contributed by atoms with E-state index in [2.05, 4.69) is 4.98 Å². The molecule has 0 unspecified atom stereocenters. The van der Waals surface area contributed by atoms with Gasteiger partial charge in [0, 0.05) is 11.6 Å². The van der Waals surface area contributed by atoms with E-state index in [4.69, 9.17) is 4.74 Å². The number of aromatic nitrogens is 2. The summed E-state index contributed by atoms with van der Waals surface area (Å²) in [5, 5.41) is 20.2. The predicted molar refractivity (Wildman–Crippen MR) is 92.6 cm³/mol. The monoisotopic (exact) mass is 342 g/mol. The van der Waals surface area contributed by atoms with Gasteiger partial charge in [0.15, 0.2) is 11.6 Å². The van der Waals surface area contributed by atoms with E-state index in [1.807, 2.05) is 28.8 Å². The zero-order valence-electron chi connectivity index (χ0n) is 14.1. The lowest BCUT2D eigenvalue weighted by atomic mass is 9.92. The van der Waals surface area contributed by atoms with Crippen LogP contribution in [0.25, 0.3) is 22.4 Å². The molecule has 0 aliphatic heterocycles. The fourth-order valence-electron chi connectivity index (χ4n) is 3.47. The summed E-state index contributed by atoms with van der Waals surface area (Å²) in [7, 11) is 1.26. The van der Waals surface area contributed by atoms with Crippen LogP contribution in [0.3, 0.4) is 0 Å². The highest BCUT2D eigenvalue weighted by molar-refractivity contribution is 5.83. The van der Waals surface area contributed by atoms with Crippen LogP contribution in [-0.4, -0.2) is 26.9 Å². The van der Waals surface area contributed by atoms with Gasteiger partial charge >= 0.3 is 0 Å². The van der Waals surface area contributed by atoms with Crippen LogP contribution in [0.1, 0.15) is 30.9 Å². The van der Waals surface area contributed by atoms with Crippen LogP contribution >= 0.6 is 0 Å². The van der Waals surface area contributed by atoms with Crippen molar-refractivity contribution in [1.29, 1.82) is 0 Å². The van der Waals surface area contributed by atoms with Gasteiger partial charge in [-0.25, -0.2) is 9.37 Å². The van der Waals surface area contributed by atoms with Crippen LogP contribution in [0, 0.1) is 12.7 Å². The second-order valence-corrected chi connectivity index (χ2v) is 6.42. The number of hydrogen-bond acceptors (Lipinski definition) is 4. The molecule has 1 aliphatic carbocycles. The number of phenols is 2. The van der Waals surface area contributed by atoms with Gasteiger partial charge in [0.1, 0.15) is 5.82 Å². The van der Waals surface area contributed by atoms with Crippen LogP contribution in [0.5, 0.6) is 17.2 Å². The van der Waals surface area contributed by atoms with Crippen molar-refractivity contribution >= 4 is 11.0 Å². The predicted octanol–water partition coefficient (Wildman–Crippen LogP) is 4.30. The average molecular weight is 342 g/mol. The maximum Gasteiger partial charge on any atom is 0.203 e.